The van der Waals surface area contributed by atoms with E-state index in [1.165, 1.54) is 7.11 Å². The second-order valence-electron chi connectivity index (χ2n) is 3.12. The Kier molecular flexibility index (Phi) is 3.85. The molecule has 80 valence electrons. The minimum atomic E-state index is -0.458. The van der Waals surface area contributed by atoms with Gasteiger partial charge >= 0.3 is 5.97 Å². The Labute approximate surface area is 88.0 Å². The normalized spacial score (nSPS) is 9.67. The number of esters is 1. The maximum atomic E-state index is 11.3. The van der Waals surface area contributed by atoms with E-state index in [1.54, 1.807) is 18.2 Å². The van der Waals surface area contributed by atoms with Crippen molar-refractivity contribution in [3.63, 3.8) is 0 Å². The molecule has 0 spiro atoms. The highest BCUT2D eigenvalue weighted by molar-refractivity contribution is 5.95. The van der Waals surface area contributed by atoms with Crippen LogP contribution in [0.3, 0.4) is 0 Å². The number of ether oxygens (including phenoxy) is 1. The first-order chi connectivity index (χ1) is 7.19. The largest absolute Gasteiger partial charge is 0.465 e. The van der Waals surface area contributed by atoms with Gasteiger partial charge in [-0.3, -0.25) is 0 Å². The predicted octanol–water partition coefficient (Wildman–Crippen LogP) is 1.19. The van der Waals surface area contributed by atoms with Crippen molar-refractivity contribution in [2.24, 2.45) is 0 Å². The van der Waals surface area contributed by atoms with Gasteiger partial charge in [-0.25, -0.2) is 4.79 Å². The Balaban J connectivity index is 2.94. The summed E-state index contributed by atoms with van der Waals surface area (Å²) in [5.74, 6) is -0.458. The fourth-order valence-corrected chi connectivity index (χ4v) is 1.27. The summed E-state index contributed by atoms with van der Waals surface area (Å²) >= 11 is 0. The number of benzene rings is 1. The Morgan fingerprint density at radius 1 is 1.53 bits per heavy atom. The van der Waals surface area contributed by atoms with Gasteiger partial charge in [0.05, 0.1) is 12.7 Å². The highest BCUT2D eigenvalue weighted by atomic mass is 16.5. The lowest BCUT2D eigenvalue weighted by Crippen LogP contribution is -2.06. The van der Waals surface area contributed by atoms with E-state index in [2.05, 4.69) is 4.74 Å². The molecule has 4 nitrogen and oxygen atoms in total. The summed E-state index contributed by atoms with van der Waals surface area (Å²) in [5.41, 5.74) is 7.26. The molecule has 0 atom stereocenters. The fourth-order valence-electron chi connectivity index (χ4n) is 1.27. The Morgan fingerprint density at radius 3 is 2.87 bits per heavy atom. The van der Waals surface area contributed by atoms with Gasteiger partial charge in [0.25, 0.3) is 0 Å². The molecule has 0 amide bonds. The van der Waals surface area contributed by atoms with Crippen molar-refractivity contribution in [1.29, 1.82) is 0 Å². The smallest absolute Gasteiger partial charge is 0.339 e. The molecule has 0 aliphatic carbocycles. The topological polar surface area (TPSA) is 69.4 Å². The molecule has 0 fully saturated rings. The zero-order valence-corrected chi connectivity index (χ0v) is 8.53. The van der Waals surface area contributed by atoms with Crippen LogP contribution in [0.1, 0.15) is 22.3 Å². The zero-order chi connectivity index (χ0) is 11.3. The van der Waals surface area contributed by atoms with Gasteiger partial charge in [0.2, 0.25) is 0 Å². The molecule has 0 aromatic heterocycles. The van der Waals surface area contributed by atoms with Crippen molar-refractivity contribution in [3.05, 3.63) is 29.3 Å². The highest BCUT2D eigenvalue weighted by Gasteiger charge is 2.10. The van der Waals surface area contributed by atoms with E-state index < -0.39 is 5.97 Å². The van der Waals surface area contributed by atoms with E-state index in [9.17, 15) is 9.59 Å². The van der Waals surface area contributed by atoms with Crippen molar-refractivity contribution in [2.45, 2.75) is 12.8 Å². The number of anilines is 1. The quantitative estimate of drug-likeness (QED) is 0.457. The van der Waals surface area contributed by atoms with Gasteiger partial charge in [0.15, 0.2) is 0 Å². The highest BCUT2D eigenvalue weighted by Crippen LogP contribution is 2.16. The van der Waals surface area contributed by atoms with E-state index in [1.807, 2.05) is 0 Å². The van der Waals surface area contributed by atoms with Crippen molar-refractivity contribution < 1.29 is 14.3 Å². The number of methoxy groups -OCH3 is 1. The summed E-state index contributed by atoms with van der Waals surface area (Å²) in [6, 6.07) is 5.10. The summed E-state index contributed by atoms with van der Waals surface area (Å²) in [6.45, 7) is 0. The first-order valence-electron chi connectivity index (χ1n) is 4.59. The molecule has 0 saturated carbocycles. The number of hydrogen-bond acceptors (Lipinski definition) is 4. The molecule has 15 heavy (non-hydrogen) atoms. The molecular weight excluding hydrogens is 194 g/mol. The number of hydrogen-bond donors (Lipinski definition) is 1. The lowest BCUT2D eigenvalue weighted by molar-refractivity contribution is -0.107. The second kappa shape index (κ2) is 5.14. The van der Waals surface area contributed by atoms with Crippen LogP contribution in [-0.4, -0.2) is 19.4 Å². The van der Waals surface area contributed by atoms with Gasteiger partial charge in [0.1, 0.15) is 6.29 Å². The van der Waals surface area contributed by atoms with Crippen molar-refractivity contribution in [1.82, 2.24) is 0 Å². The summed E-state index contributed by atoms with van der Waals surface area (Å²) in [5, 5.41) is 0. The van der Waals surface area contributed by atoms with Crippen LogP contribution >= 0.6 is 0 Å². The molecule has 0 aliphatic heterocycles. The third-order valence-corrected chi connectivity index (χ3v) is 2.07. The lowest BCUT2D eigenvalue weighted by atomic mass is 10.1. The summed E-state index contributed by atoms with van der Waals surface area (Å²) in [6.07, 6.45) is 1.88. The molecule has 2 N–H and O–H groups in total. The van der Waals surface area contributed by atoms with Gasteiger partial charge in [-0.15, -0.1) is 0 Å². The van der Waals surface area contributed by atoms with E-state index in [0.29, 0.717) is 24.1 Å². The number of carbonyl (C=O) groups is 2. The fraction of sp³-hybridized carbons (Fsp3) is 0.273. The number of aryl methyl sites for hydroxylation is 1. The second-order valence-corrected chi connectivity index (χ2v) is 3.12. The van der Waals surface area contributed by atoms with E-state index >= 15 is 0 Å². The first-order valence-corrected chi connectivity index (χ1v) is 4.59. The van der Waals surface area contributed by atoms with E-state index in [4.69, 9.17) is 5.73 Å². The average Bonchev–Trinajstić information content (AvgIpc) is 2.27. The van der Waals surface area contributed by atoms with E-state index in [-0.39, 0.29) is 0 Å². The van der Waals surface area contributed by atoms with Crippen LogP contribution < -0.4 is 5.73 Å². The van der Waals surface area contributed by atoms with Gasteiger partial charge in [-0.2, -0.15) is 0 Å². The molecular formula is C11H13NO3. The number of nitrogen functional groups attached to an aromatic ring is 1. The van der Waals surface area contributed by atoms with Gasteiger partial charge in [-0.05, 0) is 24.1 Å². The maximum absolute atomic E-state index is 11.3. The van der Waals surface area contributed by atoms with Crippen LogP contribution in [0.5, 0.6) is 0 Å². The Bertz CT molecular complexity index is 374. The molecule has 1 aromatic rings. The van der Waals surface area contributed by atoms with Crippen LogP contribution in [0.4, 0.5) is 5.69 Å². The van der Waals surface area contributed by atoms with E-state index in [0.717, 1.165) is 11.8 Å². The van der Waals surface area contributed by atoms with Gasteiger partial charge in [-0.1, -0.05) is 6.07 Å². The van der Waals surface area contributed by atoms with Crippen molar-refractivity contribution in [2.75, 3.05) is 12.8 Å². The minimum absolute atomic E-state index is 0.348. The molecule has 0 aliphatic rings. The summed E-state index contributed by atoms with van der Waals surface area (Å²) in [7, 11) is 1.31. The van der Waals surface area contributed by atoms with Crippen molar-refractivity contribution >= 4 is 17.9 Å². The van der Waals surface area contributed by atoms with Crippen LogP contribution in [0.2, 0.25) is 0 Å². The maximum Gasteiger partial charge on any atom is 0.339 e. The monoisotopic (exact) mass is 207 g/mol. The number of nitrogens with two attached hydrogens (primary N) is 1. The van der Waals surface area contributed by atoms with Crippen LogP contribution in [0.15, 0.2) is 18.2 Å². The zero-order valence-electron chi connectivity index (χ0n) is 8.53. The van der Waals surface area contributed by atoms with Crippen molar-refractivity contribution in [3.8, 4) is 0 Å². The SMILES string of the molecule is COC(=O)c1cc(CCC=O)ccc1N. The molecule has 0 heterocycles. The van der Waals surface area contributed by atoms with Crippen LogP contribution in [0.25, 0.3) is 0 Å². The van der Waals surface area contributed by atoms with Gasteiger partial charge in [0, 0.05) is 12.1 Å². The third-order valence-electron chi connectivity index (χ3n) is 2.07. The van der Waals surface area contributed by atoms with Crippen LogP contribution in [0, 0.1) is 0 Å². The molecule has 0 saturated heterocycles. The number of rotatable bonds is 4. The Morgan fingerprint density at radius 2 is 2.27 bits per heavy atom. The molecule has 1 aromatic carbocycles. The Hall–Kier alpha value is -1.84. The standard InChI is InChI=1S/C11H13NO3/c1-15-11(14)9-7-8(3-2-6-13)4-5-10(9)12/h4-7H,2-3,12H2,1H3. The number of aldehydes is 1. The lowest BCUT2D eigenvalue weighted by Gasteiger charge is -2.05. The van der Waals surface area contributed by atoms with Crippen LogP contribution in [-0.2, 0) is 16.0 Å². The third kappa shape index (κ3) is 2.80. The average molecular weight is 207 g/mol. The molecule has 4 heteroatoms. The summed E-state index contributed by atoms with van der Waals surface area (Å²) < 4.78 is 4.59. The minimum Gasteiger partial charge on any atom is -0.465 e. The molecule has 0 unspecified atom stereocenters. The van der Waals surface area contributed by atoms with Gasteiger partial charge < -0.3 is 15.3 Å². The first kappa shape index (κ1) is 11.2. The molecule has 1 rings (SSSR count). The summed E-state index contributed by atoms with van der Waals surface area (Å²) in [4.78, 5) is 21.5. The predicted molar refractivity (Wildman–Crippen MR) is 56.6 cm³/mol. The number of carbonyl (C=O) groups excluding carboxylic acids is 2. The molecule has 0 bridgehead atoms. The molecule has 0 radical (unpaired) electrons.